The molecule has 3 nitrogen and oxygen atoms in total. The van der Waals surface area contributed by atoms with Crippen LogP contribution in [-0.4, -0.2) is 47.5 Å². The summed E-state index contributed by atoms with van der Waals surface area (Å²) in [4.78, 5) is 2.23. The third kappa shape index (κ3) is 7.21. The third-order valence-electron chi connectivity index (χ3n) is 6.19. The molecule has 0 saturated heterocycles. The third-order valence-corrected chi connectivity index (χ3v) is 6.19. The normalized spacial score (nSPS) is 30.4. The minimum absolute atomic E-state index is 0.230. The molecule has 0 amide bonds. The van der Waals surface area contributed by atoms with Gasteiger partial charge in [-0.3, -0.25) is 0 Å². The molecule has 154 valence electrons. The van der Waals surface area contributed by atoms with Crippen molar-refractivity contribution in [2.24, 2.45) is 17.8 Å². The van der Waals surface area contributed by atoms with Gasteiger partial charge in [-0.2, -0.15) is 0 Å². The van der Waals surface area contributed by atoms with Crippen molar-refractivity contribution in [1.82, 2.24) is 4.90 Å². The maximum atomic E-state index is 10.5. The smallest absolute Gasteiger partial charge is 0.0654 e. The minimum Gasteiger partial charge on any atom is -0.392 e. The predicted molar refractivity (Wildman–Crippen MR) is 115 cm³/mol. The van der Waals surface area contributed by atoms with Gasteiger partial charge in [0, 0.05) is 5.92 Å². The maximum absolute atomic E-state index is 10.5. The predicted octanol–water partition coefficient (Wildman–Crippen LogP) is 4.72. The van der Waals surface area contributed by atoms with E-state index < -0.39 is 5.60 Å². The Balaban J connectivity index is 1.82. The zero-order chi connectivity index (χ0) is 19.9. The quantitative estimate of drug-likeness (QED) is 0.406. The molecule has 2 N–H and O–H groups in total. The molecular weight excluding hydrogens is 334 g/mol. The van der Waals surface area contributed by atoms with Crippen LogP contribution < -0.4 is 0 Å². The van der Waals surface area contributed by atoms with Gasteiger partial charge in [0.25, 0.3) is 0 Å². The minimum atomic E-state index is -0.621. The second-order valence-electron chi connectivity index (χ2n) is 9.23. The van der Waals surface area contributed by atoms with E-state index in [2.05, 4.69) is 56.3 Å². The zero-order valence-corrected chi connectivity index (χ0v) is 17.9. The van der Waals surface area contributed by atoms with Gasteiger partial charge in [-0.15, -0.1) is 0 Å². The first-order valence-corrected chi connectivity index (χ1v) is 10.9. The summed E-state index contributed by atoms with van der Waals surface area (Å²) in [5.74, 6) is 1.27. The summed E-state index contributed by atoms with van der Waals surface area (Å²) in [6, 6.07) is 0. The monoisotopic (exact) mass is 375 g/mol. The van der Waals surface area contributed by atoms with Crippen molar-refractivity contribution < 1.29 is 10.2 Å². The number of hydrogen-bond acceptors (Lipinski definition) is 3. The fourth-order valence-electron chi connectivity index (χ4n) is 4.57. The largest absolute Gasteiger partial charge is 0.392 e. The van der Waals surface area contributed by atoms with E-state index in [1.807, 2.05) is 6.92 Å². The van der Waals surface area contributed by atoms with Crippen molar-refractivity contribution in [3.8, 4) is 0 Å². The molecule has 2 aliphatic rings. The molecule has 2 aliphatic carbocycles. The second-order valence-corrected chi connectivity index (χ2v) is 9.23. The van der Waals surface area contributed by atoms with Gasteiger partial charge in [-0.05, 0) is 77.9 Å². The first kappa shape index (κ1) is 22.4. The van der Waals surface area contributed by atoms with E-state index in [1.165, 1.54) is 12.0 Å². The van der Waals surface area contributed by atoms with Crippen LogP contribution in [0.15, 0.2) is 36.0 Å². The van der Waals surface area contributed by atoms with Crippen LogP contribution in [0.25, 0.3) is 0 Å². The Labute approximate surface area is 166 Å². The van der Waals surface area contributed by atoms with Crippen LogP contribution in [0.5, 0.6) is 0 Å². The average Bonchev–Trinajstić information content (AvgIpc) is 3.10. The molecule has 2 rings (SSSR count). The van der Waals surface area contributed by atoms with Crippen LogP contribution in [0.1, 0.15) is 65.2 Å². The average molecular weight is 376 g/mol. The second kappa shape index (κ2) is 10.6. The van der Waals surface area contributed by atoms with E-state index in [1.54, 1.807) is 0 Å². The van der Waals surface area contributed by atoms with Gasteiger partial charge >= 0.3 is 0 Å². The number of rotatable bonds is 11. The highest BCUT2D eigenvalue weighted by molar-refractivity contribution is 5.28. The summed E-state index contributed by atoms with van der Waals surface area (Å²) < 4.78 is 0. The summed E-state index contributed by atoms with van der Waals surface area (Å²) in [5, 5.41) is 20.9. The molecule has 3 heteroatoms. The highest BCUT2D eigenvalue weighted by atomic mass is 16.3. The molecule has 0 aromatic rings. The number of fused-ring (bicyclic) bond motifs is 1. The van der Waals surface area contributed by atoms with Crippen molar-refractivity contribution in [2.45, 2.75) is 76.9 Å². The van der Waals surface area contributed by atoms with Crippen molar-refractivity contribution in [2.75, 3.05) is 20.6 Å². The molecule has 0 aromatic heterocycles. The molecule has 0 spiro atoms. The summed E-state index contributed by atoms with van der Waals surface area (Å²) in [7, 11) is 4.24. The number of aliphatic hydroxyl groups excluding tert-OH is 1. The van der Waals surface area contributed by atoms with Crippen LogP contribution in [0, 0.1) is 17.8 Å². The van der Waals surface area contributed by atoms with Crippen LogP contribution in [0.3, 0.4) is 0 Å². The number of allylic oxidation sites excluding steroid dienone is 4. The van der Waals surface area contributed by atoms with Gasteiger partial charge in [-0.25, -0.2) is 0 Å². The van der Waals surface area contributed by atoms with Crippen molar-refractivity contribution >= 4 is 0 Å². The first-order chi connectivity index (χ1) is 12.8. The number of aliphatic hydroxyl groups is 2. The molecule has 0 aliphatic heterocycles. The van der Waals surface area contributed by atoms with E-state index >= 15 is 0 Å². The number of unbranched alkanes of at least 4 members (excludes halogenated alkanes) is 2. The number of hydrogen-bond donors (Lipinski definition) is 2. The van der Waals surface area contributed by atoms with Crippen LogP contribution in [0.4, 0.5) is 0 Å². The maximum Gasteiger partial charge on any atom is 0.0654 e. The van der Waals surface area contributed by atoms with Crippen molar-refractivity contribution in [1.29, 1.82) is 0 Å². The van der Waals surface area contributed by atoms with E-state index in [0.717, 1.165) is 45.1 Å². The van der Waals surface area contributed by atoms with Gasteiger partial charge in [0.1, 0.15) is 0 Å². The lowest BCUT2D eigenvalue weighted by atomic mass is 9.88. The molecule has 27 heavy (non-hydrogen) atoms. The van der Waals surface area contributed by atoms with Crippen LogP contribution >= 0.6 is 0 Å². The summed E-state index contributed by atoms with van der Waals surface area (Å²) in [5.41, 5.74) is 0.819. The molecule has 0 aromatic carbocycles. The lowest BCUT2D eigenvalue weighted by molar-refractivity contribution is 0.0513. The van der Waals surface area contributed by atoms with Crippen LogP contribution in [-0.2, 0) is 0 Å². The first-order valence-electron chi connectivity index (χ1n) is 10.9. The lowest BCUT2D eigenvalue weighted by Gasteiger charge is -2.22. The van der Waals surface area contributed by atoms with Gasteiger partial charge in [-0.1, -0.05) is 55.7 Å². The van der Waals surface area contributed by atoms with E-state index in [0.29, 0.717) is 18.3 Å². The van der Waals surface area contributed by atoms with Gasteiger partial charge < -0.3 is 15.1 Å². The SMILES string of the molecule is CCCC[C@](C)(O)CC=C[C@@H]1[C@H]2CC(C=CCCCN(C)C)=C[C@H]2C[C@H]1O. The zero-order valence-electron chi connectivity index (χ0n) is 17.9. The highest BCUT2D eigenvalue weighted by Crippen LogP contribution is 2.47. The highest BCUT2D eigenvalue weighted by Gasteiger charge is 2.42. The molecule has 0 radical (unpaired) electrons. The topological polar surface area (TPSA) is 43.7 Å². The fraction of sp³-hybridized carbons (Fsp3) is 0.750. The van der Waals surface area contributed by atoms with E-state index in [4.69, 9.17) is 0 Å². The van der Waals surface area contributed by atoms with Gasteiger partial charge in [0.2, 0.25) is 0 Å². The molecule has 0 unspecified atom stereocenters. The fourth-order valence-corrected chi connectivity index (χ4v) is 4.57. The summed E-state index contributed by atoms with van der Waals surface area (Å²) in [6.45, 7) is 5.22. The molecular formula is C24H41NO2. The lowest BCUT2D eigenvalue weighted by Crippen LogP contribution is -2.23. The Morgan fingerprint density at radius 3 is 2.74 bits per heavy atom. The van der Waals surface area contributed by atoms with E-state index in [9.17, 15) is 10.2 Å². The Bertz CT molecular complexity index is 532. The Morgan fingerprint density at radius 1 is 1.26 bits per heavy atom. The molecule has 1 fully saturated rings. The Morgan fingerprint density at radius 2 is 2.04 bits per heavy atom. The Kier molecular flexibility index (Phi) is 8.78. The van der Waals surface area contributed by atoms with Gasteiger partial charge in [0.05, 0.1) is 11.7 Å². The molecule has 0 heterocycles. The van der Waals surface area contributed by atoms with Crippen molar-refractivity contribution in [3.63, 3.8) is 0 Å². The Hall–Kier alpha value is -0.900. The molecule has 0 bridgehead atoms. The molecule has 5 atom stereocenters. The molecule has 1 saturated carbocycles. The standard InChI is InChI=1S/C24H41NO2/c1-5-6-13-24(2,27)14-10-12-21-22-17-19(16-20(22)18-23(21)26)11-8-7-9-15-25(3)4/h8,10-12,16,20-23,26-27H,5-7,9,13-15,17-18H2,1-4H3/t20-,21+,22-,23+,24-/m0/s1. The van der Waals surface area contributed by atoms with Gasteiger partial charge in [0.15, 0.2) is 0 Å². The number of nitrogens with zero attached hydrogens (tertiary/aromatic N) is 1. The van der Waals surface area contributed by atoms with Crippen molar-refractivity contribution in [3.05, 3.63) is 36.0 Å². The summed E-state index contributed by atoms with van der Waals surface area (Å²) >= 11 is 0. The van der Waals surface area contributed by atoms with E-state index in [-0.39, 0.29) is 12.0 Å². The summed E-state index contributed by atoms with van der Waals surface area (Å²) in [6.07, 6.45) is 19.0. The van der Waals surface area contributed by atoms with Crippen LogP contribution in [0.2, 0.25) is 0 Å².